The van der Waals surface area contributed by atoms with Crippen LogP contribution in [0.5, 0.6) is 5.75 Å². The molecule has 0 bridgehead atoms. The van der Waals surface area contributed by atoms with Crippen LogP contribution in [0.2, 0.25) is 0 Å². The first-order chi connectivity index (χ1) is 9.22. The minimum atomic E-state index is 0.0896. The van der Waals surface area contributed by atoms with Gasteiger partial charge in [-0.25, -0.2) is 0 Å². The minimum absolute atomic E-state index is 0.0896. The summed E-state index contributed by atoms with van der Waals surface area (Å²) in [6.07, 6.45) is 4.53. The van der Waals surface area contributed by atoms with Crippen molar-refractivity contribution in [3.8, 4) is 11.8 Å². The number of fused-ring (bicyclic) bond motifs is 1. The van der Waals surface area contributed by atoms with Crippen molar-refractivity contribution in [1.29, 1.82) is 5.26 Å². The standard InChI is InChI=1S/C15H13BrN2O/c16-12-8-11-2-1-3-13(14(11)18-9-12)19-10-15(4-5-15)6-7-17/h1-3,8-9H,4-6,10H2. The maximum absolute atomic E-state index is 8.82. The number of aromatic nitrogens is 1. The molecule has 1 aromatic heterocycles. The lowest BCUT2D eigenvalue weighted by Crippen LogP contribution is -2.12. The van der Waals surface area contributed by atoms with Crippen LogP contribution in [0.4, 0.5) is 0 Å². The Bertz CT molecular complexity index is 659. The summed E-state index contributed by atoms with van der Waals surface area (Å²) in [6, 6.07) is 10.2. The zero-order valence-electron chi connectivity index (χ0n) is 10.4. The van der Waals surface area contributed by atoms with E-state index in [2.05, 4.69) is 27.0 Å². The quantitative estimate of drug-likeness (QED) is 0.854. The van der Waals surface area contributed by atoms with E-state index >= 15 is 0 Å². The second-order valence-corrected chi connectivity index (χ2v) is 6.02. The van der Waals surface area contributed by atoms with Gasteiger partial charge in [0, 0.05) is 27.9 Å². The molecule has 0 saturated heterocycles. The van der Waals surface area contributed by atoms with Crippen LogP contribution in [0, 0.1) is 16.7 Å². The molecular formula is C15H13BrN2O. The van der Waals surface area contributed by atoms with E-state index in [0.717, 1.165) is 34.0 Å². The first-order valence-corrected chi connectivity index (χ1v) is 7.06. The number of ether oxygens (including phenoxy) is 1. The molecule has 0 radical (unpaired) electrons. The van der Waals surface area contributed by atoms with Crippen LogP contribution in [0.1, 0.15) is 19.3 Å². The number of halogens is 1. The van der Waals surface area contributed by atoms with E-state index < -0.39 is 0 Å². The molecule has 96 valence electrons. The van der Waals surface area contributed by atoms with Crippen molar-refractivity contribution in [1.82, 2.24) is 4.98 Å². The predicted molar refractivity (Wildman–Crippen MR) is 76.8 cm³/mol. The topological polar surface area (TPSA) is 45.9 Å². The molecule has 1 aliphatic rings. The van der Waals surface area contributed by atoms with Crippen molar-refractivity contribution in [3.05, 3.63) is 34.9 Å². The molecule has 3 rings (SSSR count). The largest absolute Gasteiger partial charge is 0.491 e. The van der Waals surface area contributed by atoms with E-state index in [1.54, 1.807) is 6.20 Å². The van der Waals surface area contributed by atoms with Crippen molar-refractivity contribution >= 4 is 26.8 Å². The average Bonchev–Trinajstić information content (AvgIpc) is 3.16. The molecule has 0 amide bonds. The average molecular weight is 317 g/mol. The first-order valence-electron chi connectivity index (χ1n) is 6.27. The van der Waals surface area contributed by atoms with Crippen molar-refractivity contribution in [2.45, 2.75) is 19.3 Å². The Morgan fingerprint density at radius 3 is 3.00 bits per heavy atom. The van der Waals surface area contributed by atoms with Crippen LogP contribution in [0.25, 0.3) is 10.9 Å². The SMILES string of the molecule is N#CCC1(COc2cccc3cc(Br)cnc23)CC1. The number of nitrogens with zero attached hydrogens (tertiary/aromatic N) is 2. The molecule has 0 atom stereocenters. The molecule has 1 aliphatic carbocycles. The highest BCUT2D eigenvalue weighted by Crippen LogP contribution is 2.48. The van der Waals surface area contributed by atoms with Crippen molar-refractivity contribution in [3.63, 3.8) is 0 Å². The summed E-state index contributed by atoms with van der Waals surface area (Å²) in [7, 11) is 0. The van der Waals surface area contributed by atoms with E-state index in [4.69, 9.17) is 10.00 Å². The highest BCUT2D eigenvalue weighted by molar-refractivity contribution is 9.10. The van der Waals surface area contributed by atoms with Gasteiger partial charge < -0.3 is 4.74 Å². The van der Waals surface area contributed by atoms with E-state index in [1.165, 1.54) is 0 Å². The summed E-state index contributed by atoms with van der Waals surface area (Å²) in [5.41, 5.74) is 0.963. The zero-order valence-corrected chi connectivity index (χ0v) is 12.0. The van der Waals surface area contributed by atoms with Crippen LogP contribution in [0.3, 0.4) is 0 Å². The fourth-order valence-corrected chi connectivity index (χ4v) is 2.52. The Morgan fingerprint density at radius 2 is 2.26 bits per heavy atom. The van der Waals surface area contributed by atoms with Crippen LogP contribution >= 0.6 is 15.9 Å². The van der Waals surface area contributed by atoms with Gasteiger partial charge in [-0.2, -0.15) is 5.26 Å². The van der Waals surface area contributed by atoms with Gasteiger partial charge in [0.05, 0.1) is 12.7 Å². The molecule has 0 unspecified atom stereocenters. The fourth-order valence-electron chi connectivity index (χ4n) is 2.17. The minimum Gasteiger partial charge on any atom is -0.491 e. The van der Waals surface area contributed by atoms with Gasteiger partial charge in [-0.3, -0.25) is 4.98 Å². The number of para-hydroxylation sites is 1. The van der Waals surface area contributed by atoms with Crippen LogP contribution in [0.15, 0.2) is 34.9 Å². The van der Waals surface area contributed by atoms with Crippen LogP contribution in [-0.4, -0.2) is 11.6 Å². The normalized spacial score (nSPS) is 16.0. The summed E-state index contributed by atoms with van der Waals surface area (Å²) in [5.74, 6) is 0.800. The lowest BCUT2D eigenvalue weighted by Gasteiger charge is -2.14. The summed E-state index contributed by atoms with van der Waals surface area (Å²) in [6.45, 7) is 0.609. The molecule has 0 N–H and O–H groups in total. The second kappa shape index (κ2) is 4.82. The predicted octanol–water partition coefficient (Wildman–Crippen LogP) is 4.07. The lowest BCUT2D eigenvalue weighted by molar-refractivity contribution is 0.239. The first kappa shape index (κ1) is 12.4. The number of benzene rings is 1. The second-order valence-electron chi connectivity index (χ2n) is 5.10. The molecule has 2 aromatic rings. The third-order valence-corrected chi connectivity index (χ3v) is 4.02. The number of hydrogen-bond donors (Lipinski definition) is 0. The molecule has 1 aromatic carbocycles. The molecule has 1 saturated carbocycles. The number of rotatable bonds is 4. The van der Waals surface area contributed by atoms with Gasteiger partial charge in [0.25, 0.3) is 0 Å². The number of nitriles is 1. The van der Waals surface area contributed by atoms with Gasteiger partial charge >= 0.3 is 0 Å². The Hall–Kier alpha value is -1.60. The van der Waals surface area contributed by atoms with E-state index in [-0.39, 0.29) is 5.41 Å². The monoisotopic (exact) mass is 316 g/mol. The molecule has 1 fully saturated rings. The molecule has 1 heterocycles. The Morgan fingerprint density at radius 1 is 1.42 bits per heavy atom. The van der Waals surface area contributed by atoms with Crippen molar-refractivity contribution in [2.75, 3.05) is 6.61 Å². The molecule has 4 heteroatoms. The smallest absolute Gasteiger partial charge is 0.145 e. The molecule has 0 spiro atoms. The summed E-state index contributed by atoms with van der Waals surface area (Å²) < 4.78 is 6.87. The third-order valence-electron chi connectivity index (χ3n) is 3.59. The van der Waals surface area contributed by atoms with Gasteiger partial charge in [0.2, 0.25) is 0 Å². The van der Waals surface area contributed by atoms with E-state index in [0.29, 0.717) is 13.0 Å². The number of hydrogen-bond acceptors (Lipinski definition) is 3. The highest BCUT2D eigenvalue weighted by Gasteiger charge is 2.43. The third kappa shape index (κ3) is 2.57. The van der Waals surface area contributed by atoms with E-state index in [9.17, 15) is 0 Å². The van der Waals surface area contributed by atoms with Crippen LogP contribution < -0.4 is 4.74 Å². The highest BCUT2D eigenvalue weighted by atomic mass is 79.9. The molecular weight excluding hydrogens is 304 g/mol. The summed E-state index contributed by atoms with van der Waals surface area (Å²) >= 11 is 3.42. The molecule has 19 heavy (non-hydrogen) atoms. The summed E-state index contributed by atoms with van der Waals surface area (Å²) in [4.78, 5) is 4.41. The molecule has 0 aliphatic heterocycles. The van der Waals surface area contributed by atoms with Gasteiger partial charge in [-0.05, 0) is 40.9 Å². The Balaban J connectivity index is 1.84. The zero-order chi connectivity index (χ0) is 13.3. The van der Waals surface area contributed by atoms with Crippen molar-refractivity contribution in [2.24, 2.45) is 5.41 Å². The Kier molecular flexibility index (Phi) is 3.16. The van der Waals surface area contributed by atoms with Crippen molar-refractivity contribution < 1.29 is 4.74 Å². The van der Waals surface area contributed by atoms with Gasteiger partial charge in [0.1, 0.15) is 11.3 Å². The van der Waals surface area contributed by atoms with Gasteiger partial charge in [0.15, 0.2) is 0 Å². The van der Waals surface area contributed by atoms with Crippen LogP contribution in [-0.2, 0) is 0 Å². The Labute approximate surface area is 120 Å². The fraction of sp³-hybridized carbons (Fsp3) is 0.333. The maximum Gasteiger partial charge on any atom is 0.145 e. The molecule has 3 nitrogen and oxygen atoms in total. The van der Waals surface area contributed by atoms with Gasteiger partial charge in [-0.15, -0.1) is 0 Å². The maximum atomic E-state index is 8.82. The van der Waals surface area contributed by atoms with Gasteiger partial charge in [-0.1, -0.05) is 12.1 Å². The number of pyridine rings is 1. The summed E-state index contributed by atoms with van der Waals surface area (Å²) in [5, 5.41) is 9.87. The van der Waals surface area contributed by atoms with E-state index in [1.807, 2.05) is 24.3 Å². The lowest BCUT2D eigenvalue weighted by atomic mass is 10.1.